The Balaban J connectivity index is 2.49. The molecule has 0 bridgehead atoms. The number of nitrogens with two attached hydrogens (primary N) is 1. The Labute approximate surface area is 94.0 Å². The zero-order valence-corrected chi connectivity index (χ0v) is 9.34. The third-order valence-corrected chi connectivity index (χ3v) is 2.78. The van der Waals surface area contributed by atoms with Gasteiger partial charge in [0.25, 0.3) is 0 Å². The molecule has 1 aromatic heterocycles. The number of benzene rings is 1. The van der Waals surface area contributed by atoms with Crippen LogP contribution in [-0.2, 0) is 0 Å². The third-order valence-electron chi connectivity index (χ3n) is 1.77. The number of aromatic nitrogens is 1. The lowest BCUT2D eigenvalue weighted by molar-refractivity contribution is 0.435. The minimum absolute atomic E-state index is 0.343. The summed E-state index contributed by atoms with van der Waals surface area (Å²) in [5, 5.41) is 4.32. The monoisotopic (exact) mass is 272 g/mol. The van der Waals surface area contributed by atoms with Gasteiger partial charge in [0.05, 0.1) is 0 Å². The van der Waals surface area contributed by atoms with Crippen LogP contribution < -0.4 is 5.73 Å². The van der Waals surface area contributed by atoms with Crippen molar-refractivity contribution in [3.8, 4) is 11.3 Å². The summed E-state index contributed by atoms with van der Waals surface area (Å²) < 4.78 is 5.72. The van der Waals surface area contributed by atoms with E-state index < -0.39 is 0 Å². The summed E-state index contributed by atoms with van der Waals surface area (Å²) in [4.78, 5) is 0. The number of nitrogens with zero attached hydrogens (tertiary/aromatic N) is 1. The highest BCUT2D eigenvalue weighted by Gasteiger charge is 2.12. The normalized spacial score (nSPS) is 10.4. The quantitative estimate of drug-likeness (QED) is 0.867. The maximum absolute atomic E-state index is 5.76. The van der Waals surface area contributed by atoms with Crippen molar-refractivity contribution >= 4 is 33.3 Å². The summed E-state index contributed by atoms with van der Waals surface area (Å²) in [7, 11) is 0. The van der Waals surface area contributed by atoms with Crippen molar-refractivity contribution in [3.63, 3.8) is 0 Å². The Morgan fingerprint density at radius 3 is 2.43 bits per heavy atom. The first-order valence-electron chi connectivity index (χ1n) is 3.85. The number of rotatable bonds is 1. The summed E-state index contributed by atoms with van der Waals surface area (Å²) >= 11 is 9.05. The molecule has 0 atom stereocenters. The molecule has 3 nitrogen and oxygen atoms in total. The van der Waals surface area contributed by atoms with E-state index in [2.05, 4.69) is 21.1 Å². The van der Waals surface area contributed by atoms with Crippen LogP contribution >= 0.6 is 27.5 Å². The van der Waals surface area contributed by atoms with Crippen molar-refractivity contribution in [1.29, 1.82) is 0 Å². The molecule has 0 aliphatic heterocycles. The van der Waals surface area contributed by atoms with Gasteiger partial charge in [-0.15, -0.1) is 0 Å². The Hall–Kier alpha value is -1.000. The molecule has 0 saturated carbocycles. The predicted octanol–water partition coefficient (Wildman–Crippen LogP) is 3.34. The molecule has 5 heteroatoms. The molecule has 0 radical (unpaired) electrons. The van der Waals surface area contributed by atoms with E-state index in [-0.39, 0.29) is 0 Å². The van der Waals surface area contributed by atoms with Gasteiger partial charge in [0.1, 0.15) is 4.47 Å². The first kappa shape index (κ1) is 9.55. The molecule has 0 unspecified atom stereocenters. The minimum atomic E-state index is 0.343. The number of halogens is 2. The highest BCUT2D eigenvalue weighted by molar-refractivity contribution is 9.10. The van der Waals surface area contributed by atoms with Gasteiger partial charge in [-0.05, 0) is 40.2 Å². The van der Waals surface area contributed by atoms with Gasteiger partial charge in [0.15, 0.2) is 11.6 Å². The maximum atomic E-state index is 5.76. The van der Waals surface area contributed by atoms with Gasteiger partial charge in [-0.2, -0.15) is 0 Å². The second-order valence-electron chi connectivity index (χ2n) is 2.72. The Morgan fingerprint density at radius 1 is 1.29 bits per heavy atom. The summed E-state index contributed by atoms with van der Waals surface area (Å²) in [6.45, 7) is 0. The lowest BCUT2D eigenvalue weighted by Crippen LogP contribution is -1.83. The topological polar surface area (TPSA) is 52.0 Å². The van der Waals surface area contributed by atoms with Crippen molar-refractivity contribution in [2.24, 2.45) is 0 Å². The minimum Gasteiger partial charge on any atom is -0.380 e. The molecule has 0 saturated heterocycles. The van der Waals surface area contributed by atoms with Gasteiger partial charge >= 0.3 is 0 Å². The van der Waals surface area contributed by atoms with Crippen LogP contribution in [0, 0.1) is 0 Å². The van der Waals surface area contributed by atoms with Crippen molar-refractivity contribution in [2.45, 2.75) is 0 Å². The fourth-order valence-electron chi connectivity index (χ4n) is 1.07. The van der Waals surface area contributed by atoms with Crippen LogP contribution in [0.5, 0.6) is 0 Å². The summed E-state index contributed by atoms with van der Waals surface area (Å²) in [6.07, 6.45) is 0. The Morgan fingerprint density at radius 2 is 1.93 bits per heavy atom. The van der Waals surface area contributed by atoms with Crippen molar-refractivity contribution in [1.82, 2.24) is 5.16 Å². The largest absolute Gasteiger partial charge is 0.380 e. The van der Waals surface area contributed by atoms with E-state index in [1.807, 2.05) is 12.1 Å². The summed E-state index contributed by atoms with van der Waals surface area (Å²) in [6, 6.07) is 7.24. The van der Waals surface area contributed by atoms with Crippen LogP contribution in [0.3, 0.4) is 0 Å². The number of hydrogen-bond acceptors (Lipinski definition) is 3. The van der Waals surface area contributed by atoms with Crippen molar-refractivity contribution in [2.75, 3.05) is 5.73 Å². The second kappa shape index (κ2) is 3.63. The second-order valence-corrected chi connectivity index (χ2v) is 3.95. The molecule has 0 aliphatic carbocycles. The van der Waals surface area contributed by atoms with E-state index in [1.165, 1.54) is 0 Å². The van der Waals surface area contributed by atoms with Gasteiger partial charge in [-0.1, -0.05) is 16.8 Å². The van der Waals surface area contributed by atoms with Crippen LogP contribution in [0.15, 0.2) is 33.3 Å². The fourth-order valence-corrected chi connectivity index (χ4v) is 1.57. The average molecular weight is 274 g/mol. The van der Waals surface area contributed by atoms with E-state index in [9.17, 15) is 0 Å². The summed E-state index contributed by atoms with van der Waals surface area (Å²) in [5.74, 6) is 0.953. The lowest BCUT2D eigenvalue weighted by atomic mass is 10.2. The standard InChI is InChI=1S/C9H6BrClN2O/c10-7-8(14-13-9(7)12)5-1-3-6(11)4-2-5/h1-4H,(H2,12,13). The molecule has 0 amide bonds. The van der Waals surface area contributed by atoms with E-state index in [4.69, 9.17) is 21.9 Å². The maximum Gasteiger partial charge on any atom is 0.183 e. The van der Waals surface area contributed by atoms with Gasteiger partial charge < -0.3 is 10.3 Å². The highest BCUT2D eigenvalue weighted by atomic mass is 79.9. The van der Waals surface area contributed by atoms with Crippen LogP contribution in [0.2, 0.25) is 5.02 Å². The Kier molecular flexibility index (Phi) is 2.48. The average Bonchev–Trinajstić information content (AvgIpc) is 2.50. The number of anilines is 1. The van der Waals surface area contributed by atoms with Crippen molar-refractivity contribution in [3.05, 3.63) is 33.8 Å². The zero-order valence-electron chi connectivity index (χ0n) is 7.00. The van der Waals surface area contributed by atoms with Gasteiger partial charge in [-0.25, -0.2) is 0 Å². The third kappa shape index (κ3) is 1.63. The molecule has 72 valence electrons. The molecule has 14 heavy (non-hydrogen) atoms. The van der Waals surface area contributed by atoms with Gasteiger partial charge in [0.2, 0.25) is 0 Å². The molecule has 1 aromatic carbocycles. The van der Waals surface area contributed by atoms with Crippen LogP contribution in [0.1, 0.15) is 0 Å². The molecule has 0 spiro atoms. The molecule has 2 rings (SSSR count). The molecule has 1 heterocycles. The SMILES string of the molecule is Nc1noc(-c2ccc(Cl)cc2)c1Br. The van der Waals surface area contributed by atoms with E-state index >= 15 is 0 Å². The van der Waals surface area contributed by atoms with Crippen LogP contribution in [0.25, 0.3) is 11.3 Å². The predicted molar refractivity (Wildman–Crippen MR) is 59.1 cm³/mol. The van der Waals surface area contributed by atoms with Crippen LogP contribution in [-0.4, -0.2) is 5.16 Å². The fraction of sp³-hybridized carbons (Fsp3) is 0. The molecule has 2 aromatic rings. The Bertz CT molecular complexity index is 452. The number of nitrogen functional groups attached to an aromatic ring is 1. The molecular weight excluding hydrogens is 267 g/mol. The van der Waals surface area contributed by atoms with E-state index in [0.717, 1.165) is 5.56 Å². The molecular formula is C9H6BrClN2O. The lowest BCUT2D eigenvalue weighted by Gasteiger charge is -1.95. The van der Waals surface area contributed by atoms with Gasteiger partial charge in [-0.3, -0.25) is 0 Å². The molecule has 0 aliphatic rings. The molecule has 0 fully saturated rings. The van der Waals surface area contributed by atoms with E-state index in [0.29, 0.717) is 21.1 Å². The summed E-state index contributed by atoms with van der Waals surface area (Å²) in [5.41, 5.74) is 6.41. The van der Waals surface area contributed by atoms with Crippen LogP contribution in [0.4, 0.5) is 5.82 Å². The van der Waals surface area contributed by atoms with Gasteiger partial charge in [0, 0.05) is 10.6 Å². The highest BCUT2D eigenvalue weighted by Crippen LogP contribution is 2.32. The first-order valence-corrected chi connectivity index (χ1v) is 5.02. The first-order chi connectivity index (χ1) is 6.68. The zero-order chi connectivity index (χ0) is 10.1. The molecule has 2 N–H and O–H groups in total. The smallest absolute Gasteiger partial charge is 0.183 e. The van der Waals surface area contributed by atoms with E-state index in [1.54, 1.807) is 12.1 Å². The number of hydrogen-bond donors (Lipinski definition) is 1. The van der Waals surface area contributed by atoms with Crippen molar-refractivity contribution < 1.29 is 4.52 Å².